The van der Waals surface area contributed by atoms with Gasteiger partial charge in [-0.15, -0.1) is 0 Å². The van der Waals surface area contributed by atoms with Gasteiger partial charge >= 0.3 is 0 Å². The second-order valence-electron chi connectivity index (χ2n) is 13.2. The highest BCUT2D eigenvalue weighted by atomic mass is 16.1. The molecule has 0 radical (unpaired) electrons. The van der Waals surface area contributed by atoms with E-state index < -0.39 is 0 Å². The number of pyridine rings is 1. The molecule has 10 rings (SSSR count). The minimum absolute atomic E-state index is 0.0186. The molecule has 9 aromatic rings. The molecule has 0 N–H and O–H groups in total. The molecule has 238 valence electrons. The summed E-state index contributed by atoms with van der Waals surface area (Å²) in [5, 5.41) is 2.71. The monoisotopic (exact) mass is 649 g/mol. The van der Waals surface area contributed by atoms with Gasteiger partial charge in [0.25, 0.3) is 5.56 Å². The molecule has 2 heteroatoms. The van der Waals surface area contributed by atoms with Gasteiger partial charge in [0.2, 0.25) is 0 Å². The molecule has 1 aliphatic carbocycles. The molecule has 51 heavy (non-hydrogen) atoms. The molecular weight excluding hydrogens is 619 g/mol. The zero-order chi connectivity index (χ0) is 33.9. The van der Waals surface area contributed by atoms with Crippen LogP contribution in [0.4, 0.5) is 0 Å². The fourth-order valence-corrected chi connectivity index (χ4v) is 7.99. The Hall–Kier alpha value is -6.77. The Morgan fingerprint density at radius 1 is 0.294 bits per heavy atom. The van der Waals surface area contributed by atoms with E-state index >= 15 is 0 Å². The number of rotatable bonds is 3. The maximum atomic E-state index is 14.1. The van der Waals surface area contributed by atoms with Crippen molar-refractivity contribution in [2.24, 2.45) is 0 Å². The van der Waals surface area contributed by atoms with Crippen LogP contribution in [-0.4, -0.2) is 4.57 Å². The van der Waals surface area contributed by atoms with Gasteiger partial charge in [0, 0.05) is 16.5 Å². The third-order valence-electron chi connectivity index (χ3n) is 10.4. The summed E-state index contributed by atoms with van der Waals surface area (Å²) >= 11 is 0. The maximum Gasteiger partial charge on any atom is 0.263 e. The van der Waals surface area contributed by atoms with E-state index in [0.717, 1.165) is 44.2 Å². The third-order valence-corrected chi connectivity index (χ3v) is 10.4. The first-order valence-corrected chi connectivity index (χ1v) is 17.4. The van der Waals surface area contributed by atoms with E-state index in [-0.39, 0.29) is 5.56 Å². The van der Waals surface area contributed by atoms with Crippen molar-refractivity contribution in [3.63, 3.8) is 0 Å². The third kappa shape index (κ3) is 4.69. The van der Waals surface area contributed by atoms with E-state index in [1.54, 1.807) is 0 Å². The number of fused-ring (bicyclic) bond motifs is 11. The molecular formula is C49H31NO. The van der Waals surface area contributed by atoms with Gasteiger partial charge in [-0.05, 0) is 109 Å². The van der Waals surface area contributed by atoms with Crippen molar-refractivity contribution in [3.05, 3.63) is 198 Å². The maximum absolute atomic E-state index is 14.1. The standard InChI is InChI=1S/C49H31NO/c51-49-45-21-11-10-20-43(45)47-31-35(25-29-48(47)50(49)36-26-22-33(23-27-36)32-12-2-1-3-13-32)34-24-28-44-41-18-7-6-16-39(41)37-14-4-5-15-38(37)40-17-8-9-19-42(40)46(44)30-34/h1-31H. The first kappa shape index (κ1) is 29.2. The molecule has 0 fully saturated rings. The molecule has 2 nitrogen and oxygen atoms in total. The van der Waals surface area contributed by atoms with Crippen LogP contribution < -0.4 is 5.56 Å². The van der Waals surface area contributed by atoms with Crippen LogP contribution in [0.2, 0.25) is 0 Å². The highest BCUT2D eigenvalue weighted by molar-refractivity contribution is 6.08. The fourth-order valence-electron chi connectivity index (χ4n) is 7.99. The van der Waals surface area contributed by atoms with Crippen LogP contribution in [0, 0.1) is 0 Å². The van der Waals surface area contributed by atoms with Crippen LogP contribution >= 0.6 is 0 Å². The second kappa shape index (κ2) is 11.7. The number of hydrogen-bond acceptors (Lipinski definition) is 1. The summed E-state index contributed by atoms with van der Waals surface area (Å²) in [5.74, 6) is 0. The Kier molecular flexibility index (Phi) is 6.68. The second-order valence-corrected chi connectivity index (χ2v) is 13.2. The Morgan fingerprint density at radius 3 is 1.33 bits per heavy atom. The summed E-state index contributed by atoms with van der Waals surface area (Å²) < 4.78 is 1.86. The van der Waals surface area contributed by atoms with Crippen molar-refractivity contribution in [2.45, 2.75) is 0 Å². The minimum atomic E-state index is -0.0186. The highest BCUT2D eigenvalue weighted by Gasteiger charge is 2.22. The Balaban J connectivity index is 1.17. The Morgan fingerprint density at radius 2 is 0.725 bits per heavy atom. The smallest absolute Gasteiger partial charge is 0.263 e. The number of aromatic nitrogens is 1. The normalized spacial score (nSPS) is 11.6. The molecule has 0 aliphatic heterocycles. The molecule has 0 atom stereocenters. The van der Waals surface area contributed by atoms with Crippen LogP contribution in [0.15, 0.2) is 193 Å². The van der Waals surface area contributed by atoms with Crippen LogP contribution in [0.1, 0.15) is 0 Å². The Labute approximate surface area is 296 Å². The van der Waals surface area contributed by atoms with Gasteiger partial charge in [-0.2, -0.15) is 0 Å². The Bertz CT molecular complexity index is 2860. The quantitative estimate of drug-likeness (QED) is 0.175. The van der Waals surface area contributed by atoms with Crippen molar-refractivity contribution < 1.29 is 0 Å². The van der Waals surface area contributed by atoms with Crippen LogP contribution in [-0.2, 0) is 0 Å². The summed E-state index contributed by atoms with van der Waals surface area (Å²) in [7, 11) is 0. The van der Waals surface area contributed by atoms with Gasteiger partial charge in [0.05, 0.1) is 5.52 Å². The van der Waals surface area contributed by atoms with Crippen molar-refractivity contribution in [2.75, 3.05) is 0 Å². The first-order valence-electron chi connectivity index (χ1n) is 17.4. The lowest BCUT2D eigenvalue weighted by atomic mass is 9.80. The summed E-state index contributed by atoms with van der Waals surface area (Å²) in [6.07, 6.45) is 0. The topological polar surface area (TPSA) is 22.0 Å². The highest BCUT2D eigenvalue weighted by Crippen LogP contribution is 2.48. The van der Waals surface area contributed by atoms with Crippen molar-refractivity contribution in [1.82, 2.24) is 4.57 Å². The predicted molar refractivity (Wildman–Crippen MR) is 213 cm³/mol. The molecule has 1 aliphatic rings. The molecule has 8 aromatic carbocycles. The molecule has 1 heterocycles. The lowest BCUT2D eigenvalue weighted by Gasteiger charge is -2.23. The van der Waals surface area contributed by atoms with E-state index in [4.69, 9.17) is 0 Å². The van der Waals surface area contributed by atoms with E-state index in [1.165, 1.54) is 44.5 Å². The average Bonchev–Trinajstić information content (AvgIpc) is 3.21. The van der Waals surface area contributed by atoms with E-state index in [1.807, 2.05) is 53.1 Å². The number of benzene rings is 8. The van der Waals surface area contributed by atoms with Crippen LogP contribution in [0.25, 0.3) is 94.1 Å². The molecule has 1 aromatic heterocycles. The van der Waals surface area contributed by atoms with Gasteiger partial charge < -0.3 is 0 Å². The minimum Gasteiger partial charge on any atom is -0.276 e. The summed E-state index contributed by atoms with van der Waals surface area (Å²) in [5.41, 5.74) is 16.0. The summed E-state index contributed by atoms with van der Waals surface area (Å²) in [4.78, 5) is 14.1. The van der Waals surface area contributed by atoms with Gasteiger partial charge in [-0.25, -0.2) is 0 Å². The largest absolute Gasteiger partial charge is 0.276 e. The van der Waals surface area contributed by atoms with E-state index in [2.05, 4.69) is 140 Å². The van der Waals surface area contributed by atoms with Gasteiger partial charge in [-0.1, -0.05) is 152 Å². The van der Waals surface area contributed by atoms with Gasteiger partial charge in [0.15, 0.2) is 0 Å². The zero-order valence-corrected chi connectivity index (χ0v) is 27.8. The molecule has 0 spiro atoms. The lowest BCUT2D eigenvalue weighted by Crippen LogP contribution is -2.19. The average molecular weight is 650 g/mol. The predicted octanol–water partition coefficient (Wildman–Crippen LogP) is 12.5. The molecule has 0 amide bonds. The molecule has 0 bridgehead atoms. The van der Waals surface area contributed by atoms with Crippen molar-refractivity contribution in [3.8, 4) is 72.4 Å². The molecule has 0 saturated heterocycles. The van der Waals surface area contributed by atoms with Crippen LogP contribution in [0.3, 0.4) is 0 Å². The lowest BCUT2D eigenvalue weighted by molar-refractivity contribution is 1.06. The summed E-state index contributed by atoms with van der Waals surface area (Å²) in [6, 6.07) is 66.2. The van der Waals surface area contributed by atoms with Crippen molar-refractivity contribution >= 4 is 21.7 Å². The first-order chi connectivity index (χ1) is 25.2. The van der Waals surface area contributed by atoms with Crippen LogP contribution in [0.5, 0.6) is 0 Å². The SMILES string of the molecule is O=c1c2ccccc2c2cc(-c3ccc4c(c3)-c3ccccc3-c3ccccc3-c3ccccc3-4)ccc2n1-c1ccc(-c2ccccc2)cc1. The molecule has 0 saturated carbocycles. The number of hydrogen-bond donors (Lipinski definition) is 0. The van der Waals surface area contributed by atoms with E-state index in [9.17, 15) is 4.79 Å². The van der Waals surface area contributed by atoms with Gasteiger partial charge in [-0.3, -0.25) is 9.36 Å². The fraction of sp³-hybridized carbons (Fsp3) is 0. The van der Waals surface area contributed by atoms with E-state index in [0.29, 0.717) is 5.39 Å². The van der Waals surface area contributed by atoms with Gasteiger partial charge in [0.1, 0.15) is 0 Å². The molecule has 0 unspecified atom stereocenters. The number of nitrogens with zero attached hydrogens (tertiary/aromatic N) is 1. The summed E-state index contributed by atoms with van der Waals surface area (Å²) in [6.45, 7) is 0. The van der Waals surface area contributed by atoms with Crippen molar-refractivity contribution in [1.29, 1.82) is 0 Å². The zero-order valence-electron chi connectivity index (χ0n) is 27.8.